The maximum Gasteiger partial charge on any atom is 0.0443 e. The van der Waals surface area contributed by atoms with Gasteiger partial charge in [0.15, 0.2) is 0 Å². The molecule has 0 bridgehead atoms. The van der Waals surface area contributed by atoms with Crippen LogP contribution in [0.25, 0.3) is 0 Å². The summed E-state index contributed by atoms with van der Waals surface area (Å²) in [5.74, 6) is 0. The van der Waals surface area contributed by atoms with Gasteiger partial charge in [-0.1, -0.05) is 26.7 Å². The molecule has 0 aromatic heterocycles. The summed E-state index contributed by atoms with van der Waals surface area (Å²) in [5, 5.41) is 8.72. The molecule has 80 valence electrons. The van der Waals surface area contributed by atoms with E-state index < -0.39 is 0 Å². The highest BCUT2D eigenvalue weighted by molar-refractivity contribution is 4.66. The minimum atomic E-state index is 0.314. The average molecular weight is 187 g/mol. The molecule has 2 heteroatoms. The van der Waals surface area contributed by atoms with Gasteiger partial charge in [0.1, 0.15) is 0 Å². The van der Waals surface area contributed by atoms with E-state index in [4.69, 9.17) is 5.11 Å². The molecule has 0 saturated carbocycles. The van der Waals surface area contributed by atoms with Crippen LogP contribution < -0.4 is 0 Å². The maximum atomic E-state index is 8.72. The minimum absolute atomic E-state index is 0.314. The molecule has 1 N–H and O–H groups in total. The van der Waals surface area contributed by atoms with Gasteiger partial charge in [-0.3, -0.25) is 0 Å². The van der Waals surface area contributed by atoms with Crippen molar-refractivity contribution in [2.75, 3.05) is 20.2 Å². The zero-order valence-electron chi connectivity index (χ0n) is 9.42. The zero-order chi connectivity index (χ0) is 10.1. The molecule has 0 aromatic carbocycles. The molecule has 2 nitrogen and oxygen atoms in total. The lowest BCUT2D eigenvalue weighted by Gasteiger charge is -2.26. The van der Waals surface area contributed by atoms with Crippen molar-refractivity contribution in [2.24, 2.45) is 0 Å². The van der Waals surface area contributed by atoms with Crippen molar-refractivity contribution in [3.05, 3.63) is 0 Å². The molecule has 0 aliphatic carbocycles. The topological polar surface area (TPSA) is 23.5 Å². The fraction of sp³-hybridized carbons (Fsp3) is 1.00. The summed E-state index contributed by atoms with van der Waals surface area (Å²) >= 11 is 0. The van der Waals surface area contributed by atoms with E-state index in [9.17, 15) is 0 Å². The molecule has 0 aliphatic rings. The Morgan fingerprint density at radius 3 is 2.38 bits per heavy atom. The monoisotopic (exact) mass is 187 g/mol. The Balaban J connectivity index is 3.63. The van der Waals surface area contributed by atoms with Gasteiger partial charge in [-0.15, -0.1) is 0 Å². The van der Waals surface area contributed by atoms with Gasteiger partial charge in [0.25, 0.3) is 0 Å². The van der Waals surface area contributed by atoms with E-state index in [1.807, 2.05) is 0 Å². The third-order valence-corrected chi connectivity index (χ3v) is 2.65. The van der Waals surface area contributed by atoms with Crippen molar-refractivity contribution in [3.8, 4) is 0 Å². The summed E-state index contributed by atoms with van der Waals surface area (Å²) in [5.41, 5.74) is 0. The van der Waals surface area contributed by atoms with Gasteiger partial charge < -0.3 is 10.0 Å². The summed E-state index contributed by atoms with van der Waals surface area (Å²) in [6, 6.07) is 0.714. The van der Waals surface area contributed by atoms with Crippen LogP contribution in [-0.2, 0) is 0 Å². The molecule has 1 unspecified atom stereocenters. The normalized spacial score (nSPS) is 13.6. The third kappa shape index (κ3) is 6.05. The van der Waals surface area contributed by atoms with Gasteiger partial charge in [0.05, 0.1) is 0 Å². The fourth-order valence-electron chi connectivity index (χ4n) is 1.68. The van der Waals surface area contributed by atoms with Crippen LogP contribution in [0.4, 0.5) is 0 Å². The van der Waals surface area contributed by atoms with Gasteiger partial charge in [-0.05, 0) is 26.3 Å². The quantitative estimate of drug-likeness (QED) is 0.630. The number of aliphatic hydroxyl groups excluding tert-OH is 1. The predicted molar refractivity (Wildman–Crippen MR) is 57.9 cm³/mol. The smallest absolute Gasteiger partial charge is 0.0443 e. The van der Waals surface area contributed by atoms with E-state index in [0.717, 1.165) is 13.0 Å². The Morgan fingerprint density at radius 2 is 1.92 bits per heavy atom. The average Bonchev–Trinajstić information content (AvgIpc) is 2.16. The van der Waals surface area contributed by atoms with Crippen molar-refractivity contribution in [1.82, 2.24) is 4.90 Å². The van der Waals surface area contributed by atoms with E-state index in [1.165, 1.54) is 25.7 Å². The van der Waals surface area contributed by atoms with E-state index in [2.05, 4.69) is 25.8 Å². The molecule has 13 heavy (non-hydrogen) atoms. The van der Waals surface area contributed by atoms with Gasteiger partial charge >= 0.3 is 0 Å². The maximum absolute atomic E-state index is 8.72. The highest BCUT2D eigenvalue weighted by atomic mass is 16.3. The lowest BCUT2D eigenvalue weighted by atomic mass is 10.1. The van der Waals surface area contributed by atoms with Crippen LogP contribution in [0.3, 0.4) is 0 Å². The zero-order valence-corrected chi connectivity index (χ0v) is 9.42. The van der Waals surface area contributed by atoms with Crippen LogP contribution in [0.5, 0.6) is 0 Å². The van der Waals surface area contributed by atoms with E-state index in [0.29, 0.717) is 12.6 Å². The highest BCUT2D eigenvalue weighted by Crippen LogP contribution is 2.10. The molecule has 0 radical (unpaired) electrons. The first-order chi connectivity index (χ1) is 6.26. The van der Waals surface area contributed by atoms with Crippen LogP contribution >= 0.6 is 0 Å². The summed E-state index contributed by atoms with van der Waals surface area (Å²) in [6.45, 7) is 5.82. The third-order valence-electron chi connectivity index (χ3n) is 2.65. The molecule has 0 aliphatic heterocycles. The highest BCUT2D eigenvalue weighted by Gasteiger charge is 2.10. The van der Waals surface area contributed by atoms with Gasteiger partial charge in [0, 0.05) is 19.2 Å². The first kappa shape index (κ1) is 12.9. The first-order valence-corrected chi connectivity index (χ1v) is 5.57. The standard InChI is InChI=1S/C11H25NO/c1-4-6-8-11(5-2)12(3)9-7-10-13/h11,13H,4-10H2,1-3H3. The molecule has 1 atom stereocenters. The lowest BCUT2D eigenvalue weighted by molar-refractivity contribution is 0.193. The van der Waals surface area contributed by atoms with Crippen molar-refractivity contribution >= 4 is 0 Å². The second-order valence-electron chi connectivity index (χ2n) is 3.76. The van der Waals surface area contributed by atoms with Crippen molar-refractivity contribution in [1.29, 1.82) is 0 Å². The molecule has 0 rings (SSSR count). The van der Waals surface area contributed by atoms with Crippen molar-refractivity contribution < 1.29 is 5.11 Å². The number of rotatable bonds is 8. The molecule has 0 aromatic rings. The number of unbranched alkanes of at least 4 members (excludes halogenated alkanes) is 1. The van der Waals surface area contributed by atoms with E-state index in [1.54, 1.807) is 0 Å². The Hall–Kier alpha value is -0.0800. The number of nitrogens with zero attached hydrogens (tertiary/aromatic N) is 1. The molecule has 0 spiro atoms. The second-order valence-corrected chi connectivity index (χ2v) is 3.76. The van der Waals surface area contributed by atoms with Gasteiger partial charge in [-0.2, -0.15) is 0 Å². The summed E-state index contributed by atoms with van der Waals surface area (Å²) in [7, 11) is 2.17. The van der Waals surface area contributed by atoms with E-state index in [-0.39, 0.29) is 0 Å². The Labute approximate surface area is 82.9 Å². The summed E-state index contributed by atoms with van der Waals surface area (Å²) in [6.07, 6.45) is 6.03. The van der Waals surface area contributed by atoms with Crippen LogP contribution in [-0.4, -0.2) is 36.2 Å². The molecule has 0 saturated heterocycles. The number of hydrogen-bond acceptors (Lipinski definition) is 2. The predicted octanol–water partition coefficient (Wildman–Crippen LogP) is 2.27. The van der Waals surface area contributed by atoms with Crippen LogP contribution in [0, 0.1) is 0 Å². The van der Waals surface area contributed by atoms with Crippen LogP contribution in [0.2, 0.25) is 0 Å². The Kier molecular flexibility index (Phi) is 8.46. The minimum Gasteiger partial charge on any atom is -0.396 e. The molecular weight excluding hydrogens is 162 g/mol. The molecule has 0 heterocycles. The molecular formula is C11H25NO. The molecule has 0 amide bonds. The van der Waals surface area contributed by atoms with E-state index >= 15 is 0 Å². The summed E-state index contributed by atoms with van der Waals surface area (Å²) < 4.78 is 0. The fourth-order valence-corrected chi connectivity index (χ4v) is 1.68. The SMILES string of the molecule is CCCCC(CC)N(C)CCCO. The Morgan fingerprint density at radius 1 is 1.23 bits per heavy atom. The largest absolute Gasteiger partial charge is 0.396 e. The number of aliphatic hydroxyl groups is 1. The van der Waals surface area contributed by atoms with Crippen LogP contribution in [0.15, 0.2) is 0 Å². The van der Waals surface area contributed by atoms with Gasteiger partial charge in [-0.25, -0.2) is 0 Å². The summed E-state index contributed by atoms with van der Waals surface area (Å²) in [4.78, 5) is 2.38. The van der Waals surface area contributed by atoms with Crippen LogP contribution in [0.1, 0.15) is 46.0 Å². The number of hydrogen-bond donors (Lipinski definition) is 1. The Bertz CT molecular complexity index is 106. The second kappa shape index (κ2) is 8.52. The molecule has 0 fully saturated rings. The van der Waals surface area contributed by atoms with Gasteiger partial charge in [0.2, 0.25) is 0 Å². The van der Waals surface area contributed by atoms with Crippen molar-refractivity contribution in [3.63, 3.8) is 0 Å². The van der Waals surface area contributed by atoms with Crippen molar-refractivity contribution in [2.45, 2.75) is 52.0 Å². The first-order valence-electron chi connectivity index (χ1n) is 5.57. The lowest BCUT2D eigenvalue weighted by Crippen LogP contribution is -2.32.